The molecule has 2 aliphatic rings. The van der Waals surface area contributed by atoms with E-state index in [1.165, 1.54) is 25.7 Å². The van der Waals surface area contributed by atoms with Crippen molar-refractivity contribution in [2.24, 2.45) is 5.92 Å². The molecular formula is C18H33N3O2. The van der Waals surface area contributed by atoms with Crippen molar-refractivity contribution in [3.05, 3.63) is 0 Å². The molecule has 0 aromatic carbocycles. The molecule has 0 aromatic rings. The predicted octanol–water partition coefficient (Wildman–Crippen LogP) is 1.62. The Balaban J connectivity index is 1.66. The Labute approximate surface area is 141 Å². The first-order chi connectivity index (χ1) is 11.0. The maximum atomic E-state index is 11.4. The lowest BCUT2D eigenvalue weighted by Crippen LogP contribution is -2.52. The van der Waals surface area contributed by atoms with Crippen molar-refractivity contribution >= 4 is 11.7 Å². The van der Waals surface area contributed by atoms with Crippen LogP contribution in [0.4, 0.5) is 0 Å². The summed E-state index contributed by atoms with van der Waals surface area (Å²) in [5.41, 5.74) is 0. The Morgan fingerprint density at radius 2 is 1.61 bits per heavy atom. The van der Waals surface area contributed by atoms with Crippen molar-refractivity contribution in [3.63, 3.8) is 0 Å². The van der Waals surface area contributed by atoms with Gasteiger partial charge in [0.1, 0.15) is 5.78 Å². The highest BCUT2D eigenvalue weighted by Crippen LogP contribution is 2.28. The summed E-state index contributed by atoms with van der Waals surface area (Å²) in [7, 11) is 2.13. The quantitative estimate of drug-likeness (QED) is 0.745. The summed E-state index contributed by atoms with van der Waals surface area (Å²) in [6.07, 6.45) is 5.83. The third kappa shape index (κ3) is 5.88. The fraction of sp³-hybridized carbons (Fsp3) is 0.889. The average Bonchev–Trinajstić information content (AvgIpc) is 2.54. The maximum Gasteiger partial charge on any atom is 0.219 e. The number of Topliss-reactive ketones (excluding diaryl/α,β-unsaturated/α-hetero) is 1. The van der Waals surface area contributed by atoms with Crippen LogP contribution in [0.5, 0.6) is 0 Å². The molecule has 5 nitrogen and oxygen atoms in total. The van der Waals surface area contributed by atoms with Gasteiger partial charge in [0.15, 0.2) is 0 Å². The Bertz CT molecular complexity index is 397. The molecule has 1 saturated carbocycles. The highest BCUT2D eigenvalue weighted by molar-refractivity contribution is 5.75. The second kappa shape index (κ2) is 8.78. The molecule has 0 bridgehead atoms. The Morgan fingerprint density at radius 1 is 1.00 bits per heavy atom. The summed E-state index contributed by atoms with van der Waals surface area (Å²) in [5, 5.41) is 0. The van der Waals surface area contributed by atoms with Gasteiger partial charge < -0.3 is 9.80 Å². The van der Waals surface area contributed by atoms with Gasteiger partial charge in [0.2, 0.25) is 5.91 Å². The lowest BCUT2D eigenvalue weighted by atomic mass is 9.84. The Kier molecular flexibility index (Phi) is 7.03. The summed E-state index contributed by atoms with van der Waals surface area (Å²) >= 11 is 0. The first kappa shape index (κ1) is 18.4. The van der Waals surface area contributed by atoms with Gasteiger partial charge in [0.25, 0.3) is 0 Å². The Hall–Kier alpha value is -0.940. The highest BCUT2D eigenvalue weighted by Gasteiger charge is 2.29. The maximum absolute atomic E-state index is 11.4. The lowest BCUT2D eigenvalue weighted by molar-refractivity contribution is -0.131. The molecule has 1 saturated heterocycles. The second-order valence-electron chi connectivity index (χ2n) is 7.43. The summed E-state index contributed by atoms with van der Waals surface area (Å²) in [5.74, 6) is 1.27. The first-order valence-corrected chi connectivity index (χ1v) is 9.13. The van der Waals surface area contributed by atoms with E-state index in [1.807, 2.05) is 4.90 Å². The van der Waals surface area contributed by atoms with Crippen LogP contribution in [-0.2, 0) is 9.59 Å². The van der Waals surface area contributed by atoms with E-state index in [-0.39, 0.29) is 11.7 Å². The number of rotatable bonds is 6. The summed E-state index contributed by atoms with van der Waals surface area (Å²) < 4.78 is 0. The first-order valence-electron chi connectivity index (χ1n) is 9.13. The number of piperazine rings is 1. The number of carbonyl (C=O) groups excluding carboxylic acids is 2. The van der Waals surface area contributed by atoms with Crippen LogP contribution in [0.15, 0.2) is 0 Å². The van der Waals surface area contributed by atoms with E-state index in [1.54, 1.807) is 13.8 Å². The average molecular weight is 323 g/mol. The smallest absolute Gasteiger partial charge is 0.219 e. The molecule has 23 heavy (non-hydrogen) atoms. The molecule has 1 amide bonds. The zero-order valence-electron chi connectivity index (χ0n) is 15.1. The zero-order valence-corrected chi connectivity index (χ0v) is 15.1. The van der Waals surface area contributed by atoms with Crippen LogP contribution in [0, 0.1) is 5.92 Å². The monoisotopic (exact) mass is 323 g/mol. The van der Waals surface area contributed by atoms with Gasteiger partial charge in [-0.2, -0.15) is 0 Å². The molecule has 2 rings (SSSR count). The molecule has 0 spiro atoms. The minimum atomic E-state index is 0.210. The molecule has 1 aliphatic heterocycles. The highest BCUT2D eigenvalue weighted by atomic mass is 16.2. The summed E-state index contributed by atoms with van der Waals surface area (Å²) in [4.78, 5) is 29.3. The number of amides is 1. The van der Waals surface area contributed by atoms with E-state index in [0.29, 0.717) is 12.5 Å². The van der Waals surface area contributed by atoms with Gasteiger partial charge in [0.05, 0.1) is 0 Å². The van der Waals surface area contributed by atoms with Crippen LogP contribution >= 0.6 is 0 Å². The molecule has 2 fully saturated rings. The van der Waals surface area contributed by atoms with E-state index >= 15 is 0 Å². The molecule has 0 atom stereocenters. The van der Waals surface area contributed by atoms with Crippen LogP contribution in [0.3, 0.4) is 0 Å². The van der Waals surface area contributed by atoms with Crippen LogP contribution in [0.2, 0.25) is 0 Å². The number of hydrogen-bond donors (Lipinski definition) is 0. The van der Waals surface area contributed by atoms with Crippen molar-refractivity contribution in [1.29, 1.82) is 0 Å². The third-order valence-electron chi connectivity index (χ3n) is 5.51. The van der Waals surface area contributed by atoms with Crippen LogP contribution in [0.25, 0.3) is 0 Å². The van der Waals surface area contributed by atoms with E-state index < -0.39 is 0 Å². The number of ketones is 1. The Morgan fingerprint density at radius 3 is 2.13 bits per heavy atom. The SMILES string of the molecule is CC(=O)CCN(C)CC1CCC(N2CCN(C(C)=O)CC2)CC1. The molecule has 1 aliphatic carbocycles. The van der Waals surface area contributed by atoms with Gasteiger partial charge in [-0.05, 0) is 45.6 Å². The van der Waals surface area contributed by atoms with Gasteiger partial charge in [0, 0.05) is 58.7 Å². The van der Waals surface area contributed by atoms with Crippen molar-refractivity contribution in [2.75, 3.05) is 46.3 Å². The van der Waals surface area contributed by atoms with Crippen molar-refractivity contribution in [2.45, 2.75) is 52.0 Å². The topological polar surface area (TPSA) is 43.9 Å². The normalized spacial score (nSPS) is 26.5. The van der Waals surface area contributed by atoms with Gasteiger partial charge in [-0.1, -0.05) is 0 Å². The molecule has 5 heteroatoms. The number of nitrogens with zero attached hydrogens (tertiary/aromatic N) is 3. The van der Waals surface area contributed by atoms with E-state index in [2.05, 4.69) is 16.8 Å². The fourth-order valence-electron chi connectivity index (χ4n) is 3.97. The lowest BCUT2D eigenvalue weighted by Gasteiger charge is -2.42. The van der Waals surface area contributed by atoms with E-state index in [4.69, 9.17) is 0 Å². The fourth-order valence-corrected chi connectivity index (χ4v) is 3.97. The van der Waals surface area contributed by atoms with Crippen LogP contribution < -0.4 is 0 Å². The number of carbonyl (C=O) groups is 2. The van der Waals surface area contributed by atoms with Crippen molar-refractivity contribution < 1.29 is 9.59 Å². The summed E-state index contributed by atoms with van der Waals surface area (Å²) in [6.45, 7) is 9.21. The van der Waals surface area contributed by atoms with Gasteiger partial charge in [-0.25, -0.2) is 0 Å². The minimum Gasteiger partial charge on any atom is -0.340 e. The van der Waals surface area contributed by atoms with Gasteiger partial charge >= 0.3 is 0 Å². The molecular weight excluding hydrogens is 290 g/mol. The van der Waals surface area contributed by atoms with Crippen LogP contribution in [0.1, 0.15) is 46.0 Å². The second-order valence-corrected chi connectivity index (χ2v) is 7.43. The molecule has 0 unspecified atom stereocenters. The van der Waals surface area contributed by atoms with Crippen molar-refractivity contribution in [1.82, 2.24) is 14.7 Å². The standard InChI is InChI=1S/C18H33N3O2/c1-15(22)8-9-19(3)14-17-4-6-18(7-5-17)21-12-10-20(11-13-21)16(2)23/h17-18H,4-14H2,1-3H3. The minimum absolute atomic E-state index is 0.210. The number of hydrogen-bond acceptors (Lipinski definition) is 4. The summed E-state index contributed by atoms with van der Waals surface area (Å²) in [6, 6.07) is 0.711. The molecule has 0 radical (unpaired) electrons. The predicted molar refractivity (Wildman–Crippen MR) is 92.4 cm³/mol. The van der Waals surface area contributed by atoms with Crippen LogP contribution in [-0.4, -0.2) is 78.7 Å². The zero-order chi connectivity index (χ0) is 16.8. The largest absolute Gasteiger partial charge is 0.340 e. The molecule has 132 valence electrons. The van der Waals surface area contributed by atoms with E-state index in [9.17, 15) is 9.59 Å². The van der Waals surface area contributed by atoms with E-state index in [0.717, 1.165) is 45.2 Å². The van der Waals surface area contributed by atoms with Crippen molar-refractivity contribution in [3.8, 4) is 0 Å². The van der Waals surface area contributed by atoms with Gasteiger partial charge in [-0.15, -0.1) is 0 Å². The molecule has 0 N–H and O–H groups in total. The third-order valence-corrected chi connectivity index (χ3v) is 5.51. The molecule has 0 aromatic heterocycles. The van der Waals surface area contributed by atoms with Gasteiger partial charge in [-0.3, -0.25) is 14.5 Å². The molecule has 1 heterocycles.